The molecule has 5 aromatic rings. The minimum atomic E-state index is -3.88. The van der Waals surface area contributed by atoms with E-state index >= 15 is 0 Å². The number of methoxy groups -OCH3 is 1. The number of ether oxygens (including phenoxy) is 1. The Morgan fingerprint density at radius 1 is 0.909 bits per heavy atom. The average molecular weight is 631 g/mol. The lowest BCUT2D eigenvalue weighted by Gasteiger charge is -2.12. The molecular weight excluding hydrogens is 604 g/mol. The van der Waals surface area contributed by atoms with Crippen molar-refractivity contribution in [2.75, 3.05) is 17.7 Å². The summed E-state index contributed by atoms with van der Waals surface area (Å²) in [6.07, 6.45) is -0.0959. The second-order valence-corrected chi connectivity index (χ2v) is 11.9. The number of aromatic nitrogens is 1. The monoisotopic (exact) mass is 630 g/mol. The standard InChI is InChI=1S/C32H27ClN4O6S/c1-19-26(27-17-23(43-2)13-16-29(27)37(19)32(40)20-7-9-21(33)10-8-20)18-30(38)36-28-6-4-3-5-25(28)31(39)35-22-11-14-24(15-12-22)44(34,41)42/h3-17H,18H2,1-2H3,(H,35,39)(H,36,38)(H2,34,41,42). The van der Waals surface area contributed by atoms with Gasteiger partial charge in [0.25, 0.3) is 11.8 Å². The van der Waals surface area contributed by atoms with Crippen LogP contribution in [0.15, 0.2) is 95.9 Å². The number of para-hydroxylation sites is 1. The topological polar surface area (TPSA) is 150 Å². The van der Waals surface area contributed by atoms with Crippen molar-refractivity contribution >= 4 is 61.6 Å². The molecule has 10 nitrogen and oxygen atoms in total. The minimum Gasteiger partial charge on any atom is -0.497 e. The van der Waals surface area contributed by atoms with Gasteiger partial charge in [0.05, 0.1) is 35.2 Å². The van der Waals surface area contributed by atoms with Gasteiger partial charge in [-0.1, -0.05) is 23.7 Å². The summed E-state index contributed by atoms with van der Waals surface area (Å²) in [5.41, 5.74) is 3.04. The molecule has 0 fully saturated rings. The molecular formula is C32H27ClN4O6S. The summed E-state index contributed by atoms with van der Waals surface area (Å²) in [6, 6.07) is 23.7. The van der Waals surface area contributed by atoms with Crippen molar-refractivity contribution in [3.63, 3.8) is 0 Å². The summed E-state index contributed by atoms with van der Waals surface area (Å²) in [7, 11) is -2.34. The Morgan fingerprint density at radius 3 is 2.25 bits per heavy atom. The molecule has 0 saturated heterocycles. The van der Waals surface area contributed by atoms with Crippen LogP contribution in [0.25, 0.3) is 10.9 Å². The van der Waals surface area contributed by atoms with Crippen molar-refractivity contribution in [3.05, 3.63) is 118 Å². The van der Waals surface area contributed by atoms with Crippen molar-refractivity contribution in [3.8, 4) is 5.75 Å². The summed E-state index contributed by atoms with van der Waals surface area (Å²) in [4.78, 5) is 40.0. The molecule has 12 heteroatoms. The smallest absolute Gasteiger partial charge is 0.262 e. The van der Waals surface area contributed by atoms with Gasteiger partial charge < -0.3 is 15.4 Å². The Bertz CT molecular complexity index is 2020. The van der Waals surface area contributed by atoms with Gasteiger partial charge in [0.1, 0.15) is 5.75 Å². The molecule has 1 heterocycles. The van der Waals surface area contributed by atoms with Crippen molar-refractivity contribution < 1.29 is 27.5 Å². The zero-order valence-electron chi connectivity index (χ0n) is 23.6. The second kappa shape index (κ2) is 12.3. The predicted octanol–water partition coefficient (Wildman–Crippen LogP) is 5.38. The Hall–Kier alpha value is -4.97. The Morgan fingerprint density at radius 2 is 1.59 bits per heavy atom. The number of primary sulfonamides is 1. The summed E-state index contributed by atoms with van der Waals surface area (Å²) in [5.74, 6) is -0.642. The van der Waals surface area contributed by atoms with Gasteiger partial charge in [-0.05, 0) is 91.3 Å². The second-order valence-electron chi connectivity index (χ2n) is 9.89. The van der Waals surface area contributed by atoms with Crippen LogP contribution >= 0.6 is 11.6 Å². The van der Waals surface area contributed by atoms with Gasteiger partial charge in [0.15, 0.2) is 0 Å². The van der Waals surface area contributed by atoms with Crippen molar-refractivity contribution in [2.45, 2.75) is 18.2 Å². The molecule has 0 saturated carbocycles. The number of benzene rings is 4. The zero-order chi connectivity index (χ0) is 31.6. The lowest BCUT2D eigenvalue weighted by molar-refractivity contribution is -0.115. The number of amides is 2. The molecule has 0 bridgehead atoms. The third-order valence-electron chi connectivity index (χ3n) is 7.06. The highest BCUT2D eigenvalue weighted by Crippen LogP contribution is 2.31. The van der Waals surface area contributed by atoms with Crippen LogP contribution in [0.5, 0.6) is 5.75 Å². The predicted molar refractivity (Wildman–Crippen MR) is 169 cm³/mol. The molecule has 0 atom stereocenters. The molecule has 44 heavy (non-hydrogen) atoms. The third-order valence-corrected chi connectivity index (χ3v) is 8.24. The van der Waals surface area contributed by atoms with Crippen LogP contribution in [0.3, 0.4) is 0 Å². The number of fused-ring (bicyclic) bond motifs is 1. The van der Waals surface area contributed by atoms with Gasteiger partial charge in [0.2, 0.25) is 15.9 Å². The number of nitrogens with one attached hydrogen (secondary N) is 2. The lowest BCUT2D eigenvalue weighted by Crippen LogP contribution is -2.20. The SMILES string of the molecule is COc1ccc2c(c1)c(CC(=O)Nc1ccccc1C(=O)Nc1ccc(S(N)(=O)=O)cc1)c(C)n2C(=O)c1ccc(Cl)cc1. The van der Waals surface area contributed by atoms with Crippen LogP contribution in [0.4, 0.5) is 11.4 Å². The highest BCUT2D eigenvalue weighted by Gasteiger charge is 2.23. The van der Waals surface area contributed by atoms with Crippen LogP contribution in [0.2, 0.25) is 5.02 Å². The normalized spacial score (nSPS) is 11.3. The summed E-state index contributed by atoms with van der Waals surface area (Å²) in [6.45, 7) is 1.77. The van der Waals surface area contributed by atoms with E-state index in [0.717, 1.165) is 0 Å². The molecule has 224 valence electrons. The Balaban J connectivity index is 1.42. The average Bonchev–Trinajstić information content (AvgIpc) is 3.27. The highest BCUT2D eigenvalue weighted by molar-refractivity contribution is 7.89. The summed E-state index contributed by atoms with van der Waals surface area (Å²) in [5, 5.41) is 11.8. The first-order valence-corrected chi connectivity index (χ1v) is 15.2. The zero-order valence-corrected chi connectivity index (χ0v) is 25.2. The number of hydrogen-bond acceptors (Lipinski definition) is 6. The van der Waals surface area contributed by atoms with Gasteiger partial charge in [-0.3, -0.25) is 19.0 Å². The first kappa shape index (κ1) is 30.5. The van der Waals surface area contributed by atoms with Crippen LogP contribution in [-0.2, 0) is 21.2 Å². The maximum absolute atomic E-state index is 13.6. The number of carbonyl (C=O) groups excluding carboxylic acids is 3. The number of hydrogen-bond donors (Lipinski definition) is 3. The molecule has 0 radical (unpaired) electrons. The van der Waals surface area contributed by atoms with Crippen LogP contribution < -0.4 is 20.5 Å². The molecule has 2 amide bonds. The van der Waals surface area contributed by atoms with E-state index in [1.807, 2.05) is 0 Å². The quantitative estimate of drug-likeness (QED) is 0.209. The van der Waals surface area contributed by atoms with Crippen molar-refractivity contribution in [1.82, 2.24) is 4.57 Å². The van der Waals surface area contributed by atoms with Crippen LogP contribution in [0.1, 0.15) is 32.0 Å². The molecule has 0 aliphatic heterocycles. The number of carbonyl (C=O) groups is 3. The largest absolute Gasteiger partial charge is 0.497 e. The Labute approximate surface area is 258 Å². The van der Waals surface area contributed by atoms with Crippen LogP contribution in [-0.4, -0.2) is 37.8 Å². The van der Waals surface area contributed by atoms with Gasteiger partial charge in [0, 0.05) is 27.4 Å². The van der Waals surface area contributed by atoms with Gasteiger partial charge in [-0.25, -0.2) is 13.6 Å². The number of sulfonamides is 1. The van der Waals surface area contributed by atoms with E-state index in [1.165, 1.54) is 31.4 Å². The highest BCUT2D eigenvalue weighted by atomic mass is 35.5. The van der Waals surface area contributed by atoms with E-state index in [4.69, 9.17) is 21.5 Å². The Kier molecular flexibility index (Phi) is 8.54. The number of nitrogens with two attached hydrogens (primary N) is 1. The number of rotatable bonds is 8. The molecule has 0 unspecified atom stereocenters. The first-order valence-electron chi connectivity index (χ1n) is 13.3. The molecule has 4 aromatic carbocycles. The van der Waals surface area contributed by atoms with Crippen LogP contribution in [0, 0.1) is 6.92 Å². The first-order chi connectivity index (χ1) is 21.0. The molecule has 4 N–H and O–H groups in total. The fraction of sp³-hybridized carbons (Fsp3) is 0.0938. The van der Waals surface area contributed by atoms with Gasteiger partial charge in [-0.15, -0.1) is 0 Å². The molecule has 0 spiro atoms. The number of halogens is 1. The van der Waals surface area contributed by atoms with E-state index in [-0.39, 0.29) is 28.5 Å². The fourth-order valence-corrected chi connectivity index (χ4v) is 5.51. The molecule has 0 aliphatic rings. The van der Waals surface area contributed by atoms with E-state index in [1.54, 1.807) is 78.2 Å². The summed E-state index contributed by atoms with van der Waals surface area (Å²) < 4.78 is 30.0. The molecule has 1 aromatic heterocycles. The van der Waals surface area contributed by atoms with E-state index in [2.05, 4.69) is 10.6 Å². The molecule has 0 aliphatic carbocycles. The number of nitrogens with zero attached hydrogens (tertiary/aromatic N) is 1. The third kappa shape index (κ3) is 6.35. The van der Waals surface area contributed by atoms with Crippen molar-refractivity contribution in [2.24, 2.45) is 5.14 Å². The fourth-order valence-electron chi connectivity index (χ4n) is 4.87. The molecule has 5 rings (SSSR count). The summed E-state index contributed by atoms with van der Waals surface area (Å²) >= 11 is 6.02. The minimum absolute atomic E-state index is 0.0905. The van der Waals surface area contributed by atoms with Crippen molar-refractivity contribution in [1.29, 1.82) is 0 Å². The lowest BCUT2D eigenvalue weighted by atomic mass is 10.1. The maximum atomic E-state index is 13.6. The van der Waals surface area contributed by atoms with E-state index in [9.17, 15) is 22.8 Å². The number of anilines is 2. The van der Waals surface area contributed by atoms with Gasteiger partial charge in [-0.2, -0.15) is 0 Å². The van der Waals surface area contributed by atoms with Gasteiger partial charge >= 0.3 is 0 Å². The van der Waals surface area contributed by atoms with E-state index < -0.39 is 21.8 Å². The maximum Gasteiger partial charge on any atom is 0.262 e. The van der Waals surface area contributed by atoms with E-state index in [0.29, 0.717) is 44.2 Å².